The number of nitrogens with zero attached hydrogens (tertiary/aromatic N) is 3. The second kappa shape index (κ2) is 10.5. The number of aromatic nitrogens is 3. The minimum atomic E-state index is -3.96. The van der Waals surface area contributed by atoms with E-state index in [1.807, 2.05) is 0 Å². The number of aliphatic hydroxyl groups is 3. The summed E-state index contributed by atoms with van der Waals surface area (Å²) < 4.78 is 83.0. The van der Waals surface area contributed by atoms with Crippen LogP contribution in [0.2, 0.25) is 0 Å². The van der Waals surface area contributed by atoms with Gasteiger partial charge in [-0.05, 0) is 18.6 Å². The molecule has 1 amide bonds. The lowest BCUT2D eigenvalue weighted by atomic mass is 9.86. The van der Waals surface area contributed by atoms with Crippen molar-refractivity contribution in [2.24, 2.45) is 0 Å². The molecule has 0 saturated carbocycles. The highest BCUT2D eigenvalue weighted by molar-refractivity contribution is 5.85. The molecule has 2 fully saturated rings. The van der Waals surface area contributed by atoms with Crippen LogP contribution in [0.1, 0.15) is 18.0 Å². The first kappa shape index (κ1) is 28.0. The molecule has 2 aliphatic heterocycles. The number of rotatable bonds is 6. The third-order valence-electron chi connectivity index (χ3n) is 7.02. The van der Waals surface area contributed by atoms with Crippen LogP contribution < -0.4 is 5.32 Å². The maximum Gasteiger partial charge on any atom is 0.349 e. The predicted octanol–water partition coefficient (Wildman–Crippen LogP) is 1.41. The van der Waals surface area contributed by atoms with Gasteiger partial charge in [0.25, 0.3) is 5.91 Å². The molecule has 15 heteroatoms. The molecule has 4 N–H and O–H groups in total. The van der Waals surface area contributed by atoms with E-state index < -0.39 is 77.6 Å². The number of nitrogens with one attached hydrogen (secondary N) is 1. The number of aliphatic hydroxyl groups excluding tert-OH is 3. The van der Waals surface area contributed by atoms with Crippen LogP contribution in [0.25, 0.3) is 11.3 Å². The molecular formula is C25H23F5N4O6. The van der Waals surface area contributed by atoms with E-state index in [2.05, 4.69) is 15.6 Å². The number of halogens is 5. The van der Waals surface area contributed by atoms with E-state index in [0.717, 1.165) is 23.0 Å². The molecule has 5 rings (SSSR count). The van der Waals surface area contributed by atoms with E-state index >= 15 is 0 Å². The lowest BCUT2D eigenvalue weighted by Crippen LogP contribution is -2.69. The van der Waals surface area contributed by atoms with Crippen LogP contribution in [-0.4, -0.2) is 79.6 Å². The normalized spacial score (nSPS) is 28.6. The van der Waals surface area contributed by atoms with Crippen molar-refractivity contribution in [2.75, 3.05) is 13.2 Å². The Kier molecular flexibility index (Phi) is 7.35. The fourth-order valence-corrected chi connectivity index (χ4v) is 4.97. The van der Waals surface area contributed by atoms with Gasteiger partial charge in [0.2, 0.25) is 5.79 Å². The Hall–Kier alpha value is -3.50. The Morgan fingerprint density at radius 3 is 2.48 bits per heavy atom. The quantitative estimate of drug-likeness (QED) is 0.258. The first-order chi connectivity index (χ1) is 19.0. The Morgan fingerprint density at radius 2 is 1.82 bits per heavy atom. The summed E-state index contributed by atoms with van der Waals surface area (Å²) in [6.45, 7) is -0.969. The smallest absolute Gasteiger partial charge is 0.349 e. The van der Waals surface area contributed by atoms with Crippen molar-refractivity contribution < 1.29 is 51.5 Å². The topological polar surface area (TPSA) is 139 Å². The zero-order valence-corrected chi connectivity index (χ0v) is 20.4. The van der Waals surface area contributed by atoms with Crippen molar-refractivity contribution in [3.05, 3.63) is 71.7 Å². The monoisotopic (exact) mass is 570 g/mol. The number of amides is 1. The van der Waals surface area contributed by atoms with Crippen LogP contribution in [0.15, 0.2) is 48.7 Å². The minimum absolute atomic E-state index is 0.0780. The molecule has 0 bridgehead atoms. The molecule has 1 spiro atoms. The van der Waals surface area contributed by atoms with Crippen molar-refractivity contribution >= 4 is 5.91 Å². The first-order valence-corrected chi connectivity index (χ1v) is 12.1. The molecular weight excluding hydrogens is 547 g/mol. The number of hydrogen-bond acceptors (Lipinski definition) is 8. The van der Waals surface area contributed by atoms with Crippen LogP contribution in [0.4, 0.5) is 22.0 Å². The zero-order chi connectivity index (χ0) is 28.8. The minimum Gasteiger partial charge on any atom is -0.394 e. The van der Waals surface area contributed by atoms with E-state index in [0.29, 0.717) is 12.1 Å². The van der Waals surface area contributed by atoms with Gasteiger partial charge in [0.1, 0.15) is 30.0 Å². The summed E-state index contributed by atoms with van der Waals surface area (Å²) in [6, 6.07) is 4.78. The SMILES string of the molecule is O=C(N[C@@H]1CCO[C@]12O[C@H](CO)[C@H](O)[C@H](n1cc(-c3cc(F)c(F)c(F)c3)nn1)[C@H]2O)C(F)(F)c1ccccc1. The van der Waals surface area contributed by atoms with Gasteiger partial charge in [-0.3, -0.25) is 4.79 Å². The van der Waals surface area contributed by atoms with Gasteiger partial charge in [0.05, 0.1) is 25.5 Å². The predicted molar refractivity (Wildman–Crippen MR) is 124 cm³/mol. The van der Waals surface area contributed by atoms with Crippen LogP contribution in [0.5, 0.6) is 0 Å². The van der Waals surface area contributed by atoms with Crippen LogP contribution in [-0.2, 0) is 20.2 Å². The Morgan fingerprint density at radius 1 is 1.15 bits per heavy atom. The molecule has 6 atom stereocenters. The highest BCUT2D eigenvalue weighted by Gasteiger charge is 2.62. The summed E-state index contributed by atoms with van der Waals surface area (Å²) in [5.41, 5.74) is -0.952. The average molecular weight is 570 g/mol. The summed E-state index contributed by atoms with van der Waals surface area (Å²) in [7, 11) is 0. The number of ether oxygens (including phenoxy) is 2. The molecule has 1 aromatic heterocycles. The lowest BCUT2D eigenvalue weighted by Gasteiger charge is -2.49. The summed E-state index contributed by atoms with van der Waals surface area (Å²) >= 11 is 0. The number of carbonyl (C=O) groups excluding carboxylic acids is 1. The Labute approximate surface area is 222 Å². The van der Waals surface area contributed by atoms with Gasteiger partial charge in [-0.2, -0.15) is 8.78 Å². The van der Waals surface area contributed by atoms with Crippen LogP contribution in [0, 0.1) is 17.5 Å². The van der Waals surface area contributed by atoms with E-state index in [9.17, 15) is 42.1 Å². The van der Waals surface area contributed by atoms with E-state index in [1.165, 1.54) is 18.2 Å². The van der Waals surface area contributed by atoms with Crippen LogP contribution >= 0.6 is 0 Å². The van der Waals surface area contributed by atoms with Crippen molar-refractivity contribution in [2.45, 2.75) is 48.5 Å². The summed E-state index contributed by atoms with van der Waals surface area (Å²) in [5, 5.41) is 41.9. The molecule has 2 saturated heterocycles. The fourth-order valence-electron chi connectivity index (χ4n) is 4.97. The van der Waals surface area contributed by atoms with Crippen molar-refractivity contribution in [3.8, 4) is 11.3 Å². The van der Waals surface area contributed by atoms with Gasteiger partial charge < -0.3 is 30.1 Å². The fraction of sp³-hybridized carbons (Fsp3) is 0.400. The molecule has 0 unspecified atom stereocenters. The van der Waals surface area contributed by atoms with Gasteiger partial charge in [0.15, 0.2) is 17.5 Å². The Bertz CT molecular complexity index is 1370. The third-order valence-corrected chi connectivity index (χ3v) is 7.02. The molecule has 0 radical (unpaired) electrons. The van der Waals surface area contributed by atoms with Crippen molar-refractivity contribution in [3.63, 3.8) is 0 Å². The largest absolute Gasteiger partial charge is 0.394 e. The van der Waals surface area contributed by atoms with Crippen molar-refractivity contribution in [1.82, 2.24) is 20.3 Å². The maximum atomic E-state index is 14.9. The van der Waals surface area contributed by atoms with E-state index in [1.54, 1.807) is 0 Å². The van der Waals surface area contributed by atoms with E-state index in [4.69, 9.17) is 9.47 Å². The molecule has 3 aromatic rings. The number of carbonyl (C=O) groups is 1. The highest BCUT2D eigenvalue weighted by Crippen LogP contribution is 2.44. The second-order valence-corrected chi connectivity index (χ2v) is 9.43. The number of alkyl halides is 2. The molecule has 10 nitrogen and oxygen atoms in total. The number of benzene rings is 2. The molecule has 2 aliphatic rings. The lowest BCUT2D eigenvalue weighted by molar-refractivity contribution is -0.345. The molecule has 2 aromatic carbocycles. The molecule has 0 aliphatic carbocycles. The average Bonchev–Trinajstić information content (AvgIpc) is 3.58. The second-order valence-electron chi connectivity index (χ2n) is 9.43. The van der Waals surface area contributed by atoms with Crippen LogP contribution in [0.3, 0.4) is 0 Å². The first-order valence-electron chi connectivity index (χ1n) is 12.1. The molecule has 214 valence electrons. The summed E-state index contributed by atoms with van der Waals surface area (Å²) in [6.07, 6.45) is -4.00. The van der Waals surface area contributed by atoms with Gasteiger partial charge in [-0.25, -0.2) is 17.9 Å². The van der Waals surface area contributed by atoms with Gasteiger partial charge in [-0.15, -0.1) is 5.10 Å². The van der Waals surface area contributed by atoms with Gasteiger partial charge in [0, 0.05) is 11.1 Å². The third kappa shape index (κ3) is 4.62. The maximum absolute atomic E-state index is 14.9. The standard InChI is InChI=1S/C25H23F5N4O6/c26-14-8-12(9-15(27)19(14)28)16-10-34(33-32-16)20-21(36)17(11-35)40-25(22(20)37)18(6-7-39-25)31-23(38)24(29,30)13-4-2-1-3-5-13/h1-5,8-10,17-18,20-22,35-37H,6-7,11H2,(H,31,38)/t17-,18-,20+,21+,22-,25+/m1/s1. The molecule has 40 heavy (non-hydrogen) atoms. The van der Waals surface area contributed by atoms with E-state index in [-0.39, 0.29) is 24.3 Å². The summed E-state index contributed by atoms with van der Waals surface area (Å²) in [5.74, 6) is -12.5. The van der Waals surface area contributed by atoms with Crippen molar-refractivity contribution in [1.29, 1.82) is 0 Å². The van der Waals surface area contributed by atoms with Gasteiger partial charge >= 0.3 is 5.92 Å². The van der Waals surface area contributed by atoms with Gasteiger partial charge in [-0.1, -0.05) is 35.5 Å². The Balaban J connectivity index is 1.46. The highest BCUT2D eigenvalue weighted by atomic mass is 19.3. The number of hydrogen-bond donors (Lipinski definition) is 4. The molecule has 3 heterocycles. The zero-order valence-electron chi connectivity index (χ0n) is 20.4. The summed E-state index contributed by atoms with van der Waals surface area (Å²) in [4.78, 5) is 12.7.